The van der Waals surface area contributed by atoms with Crippen LogP contribution in [0.3, 0.4) is 0 Å². The quantitative estimate of drug-likeness (QED) is 0.790. The number of piperidine rings is 1. The molecule has 2 saturated heterocycles. The van der Waals surface area contributed by atoms with Crippen LogP contribution in [0.4, 0.5) is 0 Å². The number of para-hydroxylation sites is 1. The fourth-order valence-corrected chi connectivity index (χ4v) is 3.44. The molecule has 2 fully saturated rings. The molecule has 3 unspecified atom stereocenters. The van der Waals surface area contributed by atoms with Crippen molar-refractivity contribution in [1.82, 2.24) is 4.90 Å². The molecule has 0 saturated carbocycles. The van der Waals surface area contributed by atoms with Crippen molar-refractivity contribution in [2.45, 2.75) is 50.8 Å². The summed E-state index contributed by atoms with van der Waals surface area (Å²) >= 11 is 0. The van der Waals surface area contributed by atoms with Gasteiger partial charge in [0.05, 0.1) is 0 Å². The van der Waals surface area contributed by atoms with Crippen molar-refractivity contribution < 1.29 is 9.53 Å². The summed E-state index contributed by atoms with van der Waals surface area (Å²) in [6.45, 7) is 5.94. The molecule has 2 bridgehead atoms. The summed E-state index contributed by atoms with van der Waals surface area (Å²) < 4.78 is 5.77. The third-order valence-corrected chi connectivity index (χ3v) is 4.33. The molecule has 3 rings (SSSR count). The van der Waals surface area contributed by atoms with E-state index in [0.717, 1.165) is 31.4 Å². The molecule has 20 heavy (non-hydrogen) atoms. The predicted octanol–water partition coefficient (Wildman–Crippen LogP) is 3.16. The van der Waals surface area contributed by atoms with Gasteiger partial charge in [-0.15, -0.1) is 0 Å². The first-order valence-electron chi connectivity index (χ1n) is 7.35. The van der Waals surface area contributed by atoms with Gasteiger partial charge in [-0.05, 0) is 44.7 Å². The summed E-state index contributed by atoms with van der Waals surface area (Å²) in [4.78, 5) is 14.7. The highest BCUT2D eigenvalue weighted by molar-refractivity contribution is 5.82. The van der Waals surface area contributed by atoms with Crippen molar-refractivity contribution in [3.63, 3.8) is 0 Å². The summed E-state index contributed by atoms with van der Waals surface area (Å²) in [7, 11) is 0. The first-order valence-corrected chi connectivity index (χ1v) is 7.35. The molecule has 0 aromatic heterocycles. The number of amides is 1. The van der Waals surface area contributed by atoms with Gasteiger partial charge < -0.3 is 9.64 Å². The second kappa shape index (κ2) is 5.31. The second-order valence-electron chi connectivity index (χ2n) is 5.86. The number of nitrogens with zero attached hydrogens (tertiary/aromatic N) is 1. The fraction of sp³-hybridized carbons (Fsp3) is 0.471. The first kappa shape index (κ1) is 13.2. The zero-order valence-electron chi connectivity index (χ0n) is 11.9. The first-order chi connectivity index (χ1) is 9.65. The van der Waals surface area contributed by atoms with Gasteiger partial charge in [-0.1, -0.05) is 30.4 Å². The van der Waals surface area contributed by atoms with Crippen molar-refractivity contribution in [3.8, 4) is 5.75 Å². The molecular weight excluding hydrogens is 250 g/mol. The van der Waals surface area contributed by atoms with Gasteiger partial charge in [0, 0.05) is 12.1 Å². The van der Waals surface area contributed by atoms with E-state index in [1.165, 1.54) is 5.57 Å². The monoisotopic (exact) mass is 271 g/mol. The molecule has 106 valence electrons. The van der Waals surface area contributed by atoms with E-state index in [9.17, 15) is 4.79 Å². The van der Waals surface area contributed by atoms with Crippen LogP contribution in [0.15, 0.2) is 42.5 Å². The summed E-state index contributed by atoms with van der Waals surface area (Å²) in [5, 5.41) is 0. The number of carbonyl (C=O) groups excluding carboxylic acids is 1. The molecule has 2 aliphatic heterocycles. The van der Waals surface area contributed by atoms with Gasteiger partial charge in [-0.2, -0.15) is 0 Å². The summed E-state index contributed by atoms with van der Waals surface area (Å²) in [6.07, 6.45) is 3.70. The summed E-state index contributed by atoms with van der Waals surface area (Å²) in [6, 6.07) is 10.2. The topological polar surface area (TPSA) is 29.5 Å². The molecule has 0 N–H and O–H groups in total. The van der Waals surface area contributed by atoms with E-state index in [-0.39, 0.29) is 5.91 Å². The highest BCUT2D eigenvalue weighted by Crippen LogP contribution is 2.38. The Bertz CT molecular complexity index is 495. The van der Waals surface area contributed by atoms with Crippen molar-refractivity contribution in [3.05, 3.63) is 42.5 Å². The van der Waals surface area contributed by atoms with Gasteiger partial charge in [0.15, 0.2) is 6.10 Å². The highest BCUT2D eigenvalue weighted by Gasteiger charge is 2.42. The molecule has 3 nitrogen and oxygen atoms in total. The van der Waals surface area contributed by atoms with Crippen molar-refractivity contribution in [1.29, 1.82) is 0 Å². The number of fused-ring (bicyclic) bond motifs is 2. The number of hydrogen-bond donors (Lipinski definition) is 0. The number of hydrogen-bond acceptors (Lipinski definition) is 2. The predicted molar refractivity (Wildman–Crippen MR) is 78.6 cm³/mol. The van der Waals surface area contributed by atoms with Gasteiger partial charge in [0.25, 0.3) is 5.91 Å². The van der Waals surface area contributed by atoms with Crippen molar-refractivity contribution >= 4 is 5.91 Å². The van der Waals surface area contributed by atoms with Gasteiger partial charge in [0.1, 0.15) is 5.75 Å². The minimum atomic E-state index is -0.424. The SMILES string of the molecule is C=C1CC2CCC(C1)N2C(=O)C(C)Oc1ccccc1. The Morgan fingerprint density at radius 1 is 1.25 bits per heavy atom. The fourth-order valence-electron chi connectivity index (χ4n) is 3.44. The molecule has 0 radical (unpaired) electrons. The van der Waals surface area contributed by atoms with Crippen LogP contribution in [0.1, 0.15) is 32.6 Å². The van der Waals surface area contributed by atoms with E-state index < -0.39 is 6.10 Å². The van der Waals surface area contributed by atoms with Crippen LogP contribution >= 0.6 is 0 Å². The second-order valence-corrected chi connectivity index (χ2v) is 5.86. The molecule has 1 aromatic rings. The molecule has 2 aliphatic rings. The highest BCUT2D eigenvalue weighted by atomic mass is 16.5. The minimum Gasteiger partial charge on any atom is -0.481 e. The molecule has 3 heteroatoms. The van der Waals surface area contributed by atoms with E-state index in [1.54, 1.807) is 0 Å². The Morgan fingerprint density at radius 3 is 2.45 bits per heavy atom. The van der Waals surface area contributed by atoms with Gasteiger partial charge in [-0.3, -0.25) is 4.79 Å². The van der Waals surface area contributed by atoms with E-state index in [0.29, 0.717) is 12.1 Å². The third-order valence-electron chi connectivity index (χ3n) is 4.33. The van der Waals surface area contributed by atoms with Crippen LogP contribution < -0.4 is 4.74 Å². The number of carbonyl (C=O) groups is 1. The van der Waals surface area contributed by atoms with Crippen molar-refractivity contribution in [2.24, 2.45) is 0 Å². The van der Waals surface area contributed by atoms with Crippen LogP contribution in [0.25, 0.3) is 0 Å². The molecule has 3 atom stereocenters. The standard InChI is InChI=1S/C17H21NO2/c1-12-10-14-8-9-15(11-12)18(14)17(19)13(2)20-16-6-4-3-5-7-16/h3-7,13-15H,1,8-11H2,2H3. The van der Waals surface area contributed by atoms with Crippen LogP contribution in [0.2, 0.25) is 0 Å². The number of benzene rings is 1. The maximum absolute atomic E-state index is 12.6. The van der Waals surface area contributed by atoms with E-state index in [2.05, 4.69) is 11.5 Å². The molecule has 0 spiro atoms. The molecule has 2 heterocycles. The van der Waals surface area contributed by atoms with Crippen LogP contribution in [0, 0.1) is 0 Å². The van der Waals surface area contributed by atoms with Gasteiger partial charge >= 0.3 is 0 Å². The Hall–Kier alpha value is -1.77. The Balaban J connectivity index is 1.68. The van der Waals surface area contributed by atoms with E-state index in [1.807, 2.05) is 37.3 Å². The maximum Gasteiger partial charge on any atom is 0.263 e. The zero-order chi connectivity index (χ0) is 14.1. The molecular formula is C17H21NO2. The number of rotatable bonds is 3. The van der Waals surface area contributed by atoms with E-state index >= 15 is 0 Å². The largest absolute Gasteiger partial charge is 0.481 e. The molecule has 1 amide bonds. The third kappa shape index (κ3) is 2.45. The Morgan fingerprint density at radius 2 is 1.85 bits per heavy atom. The lowest BCUT2D eigenvalue weighted by Crippen LogP contribution is -2.49. The summed E-state index contributed by atoms with van der Waals surface area (Å²) in [5.74, 6) is 0.871. The van der Waals surface area contributed by atoms with Crippen LogP contribution in [-0.4, -0.2) is 29.0 Å². The van der Waals surface area contributed by atoms with Crippen molar-refractivity contribution in [2.75, 3.05) is 0 Å². The van der Waals surface area contributed by atoms with E-state index in [4.69, 9.17) is 4.74 Å². The normalized spacial score (nSPS) is 26.4. The summed E-state index contributed by atoms with van der Waals surface area (Å²) in [5.41, 5.74) is 1.29. The van der Waals surface area contributed by atoms with Gasteiger partial charge in [0.2, 0.25) is 0 Å². The van der Waals surface area contributed by atoms with Crippen LogP contribution in [0.5, 0.6) is 5.75 Å². The molecule has 1 aromatic carbocycles. The lowest BCUT2D eigenvalue weighted by atomic mass is 9.97. The minimum absolute atomic E-state index is 0.119. The maximum atomic E-state index is 12.6. The van der Waals surface area contributed by atoms with Crippen LogP contribution in [-0.2, 0) is 4.79 Å². The zero-order valence-corrected chi connectivity index (χ0v) is 11.9. The lowest BCUT2D eigenvalue weighted by molar-refractivity contribution is -0.141. The lowest BCUT2D eigenvalue weighted by Gasteiger charge is -2.37. The van der Waals surface area contributed by atoms with Gasteiger partial charge in [-0.25, -0.2) is 0 Å². The molecule has 0 aliphatic carbocycles. The Labute approximate surface area is 120 Å². The average molecular weight is 271 g/mol. The smallest absolute Gasteiger partial charge is 0.263 e. The average Bonchev–Trinajstić information content (AvgIpc) is 2.71. The Kier molecular flexibility index (Phi) is 3.51. The number of ether oxygens (including phenoxy) is 1.